The molecule has 0 saturated carbocycles. The summed E-state index contributed by atoms with van der Waals surface area (Å²) >= 11 is 0. The molecule has 0 heterocycles. The van der Waals surface area contributed by atoms with Crippen molar-refractivity contribution in [2.24, 2.45) is 5.16 Å². The minimum absolute atomic E-state index is 0.386. The van der Waals surface area contributed by atoms with Crippen LogP contribution in [0.1, 0.15) is 25.8 Å². The van der Waals surface area contributed by atoms with Crippen LogP contribution in [0.5, 0.6) is 5.75 Å². The van der Waals surface area contributed by atoms with Crippen LogP contribution < -0.4 is 4.74 Å². The first-order valence-electron chi connectivity index (χ1n) is 5.58. The van der Waals surface area contributed by atoms with Gasteiger partial charge in [-0.3, -0.25) is 0 Å². The maximum atomic E-state index is 9.15. The quantitative estimate of drug-likeness (QED) is 0.610. The zero-order valence-electron chi connectivity index (χ0n) is 10.5. The van der Waals surface area contributed by atoms with E-state index in [0.717, 1.165) is 17.0 Å². The highest BCUT2D eigenvalue weighted by Gasteiger charge is 1.99. The third kappa shape index (κ3) is 5.36. The Balaban J connectivity index is 2.39. The Kier molecular flexibility index (Phi) is 5.49. The van der Waals surface area contributed by atoms with Crippen LogP contribution in [0, 0.1) is 0 Å². The van der Waals surface area contributed by atoms with E-state index in [2.05, 4.69) is 5.16 Å². The normalized spacial score (nSPS) is 13.3. The molecule has 0 aromatic heterocycles. The van der Waals surface area contributed by atoms with E-state index in [4.69, 9.17) is 14.7 Å². The first kappa shape index (κ1) is 13.5. The number of oxime groups is 1. The van der Waals surface area contributed by atoms with Crippen molar-refractivity contribution in [1.82, 2.24) is 0 Å². The average Bonchev–Trinajstić information content (AvgIpc) is 2.29. The third-order valence-corrected chi connectivity index (χ3v) is 2.20. The molecule has 1 N–H and O–H groups in total. The van der Waals surface area contributed by atoms with Crippen molar-refractivity contribution >= 4 is 5.71 Å². The van der Waals surface area contributed by atoms with Gasteiger partial charge in [0.2, 0.25) is 0 Å². The van der Waals surface area contributed by atoms with E-state index >= 15 is 0 Å². The Bertz CT molecular complexity index is 357. The van der Waals surface area contributed by atoms with E-state index in [9.17, 15) is 0 Å². The fourth-order valence-electron chi connectivity index (χ4n) is 1.40. The van der Waals surface area contributed by atoms with Crippen LogP contribution in [0.2, 0.25) is 0 Å². The average molecular weight is 237 g/mol. The molecule has 0 radical (unpaired) electrons. The summed E-state index contributed by atoms with van der Waals surface area (Å²) in [6.07, 6.45) is 0.145. The first-order chi connectivity index (χ1) is 8.11. The predicted molar refractivity (Wildman–Crippen MR) is 67.2 cm³/mol. The number of aliphatic hydroxyl groups excluding tert-OH is 1. The number of nitrogens with zero attached hydrogens (tertiary/aromatic N) is 1. The lowest BCUT2D eigenvalue weighted by molar-refractivity contribution is 0.127. The Hall–Kier alpha value is -1.55. The zero-order valence-corrected chi connectivity index (χ0v) is 10.5. The standard InChI is InChI=1S/C13H19NO3/c1-10(8-11(2)15)14-17-9-12-4-6-13(16-3)7-5-12/h4-7,11,15H,8-9H2,1-3H3. The van der Waals surface area contributed by atoms with Crippen molar-refractivity contribution in [3.8, 4) is 5.75 Å². The fraction of sp³-hybridized carbons (Fsp3) is 0.462. The number of hydrogen-bond acceptors (Lipinski definition) is 4. The smallest absolute Gasteiger partial charge is 0.142 e. The zero-order chi connectivity index (χ0) is 12.7. The molecule has 1 unspecified atom stereocenters. The van der Waals surface area contributed by atoms with E-state index in [1.54, 1.807) is 14.0 Å². The molecule has 1 aromatic carbocycles. The Morgan fingerprint density at radius 1 is 1.35 bits per heavy atom. The van der Waals surface area contributed by atoms with Crippen molar-refractivity contribution in [1.29, 1.82) is 0 Å². The van der Waals surface area contributed by atoms with Crippen LogP contribution in [0.25, 0.3) is 0 Å². The molecular weight excluding hydrogens is 218 g/mol. The van der Waals surface area contributed by atoms with Crippen LogP contribution in [-0.4, -0.2) is 24.0 Å². The number of methoxy groups -OCH3 is 1. The van der Waals surface area contributed by atoms with Crippen molar-refractivity contribution < 1.29 is 14.7 Å². The molecule has 17 heavy (non-hydrogen) atoms. The van der Waals surface area contributed by atoms with Gasteiger partial charge < -0.3 is 14.7 Å². The van der Waals surface area contributed by atoms with Crippen LogP contribution in [0.4, 0.5) is 0 Å². The molecule has 1 rings (SSSR count). The molecule has 0 fully saturated rings. The SMILES string of the molecule is COc1ccc(CON=C(C)CC(C)O)cc1. The summed E-state index contributed by atoms with van der Waals surface area (Å²) in [4.78, 5) is 5.19. The van der Waals surface area contributed by atoms with E-state index in [1.165, 1.54) is 0 Å². The molecule has 0 aliphatic carbocycles. The van der Waals surface area contributed by atoms with Crippen LogP contribution in [-0.2, 0) is 11.4 Å². The third-order valence-electron chi connectivity index (χ3n) is 2.20. The van der Waals surface area contributed by atoms with Gasteiger partial charge in [-0.2, -0.15) is 0 Å². The maximum absolute atomic E-state index is 9.15. The Morgan fingerprint density at radius 2 is 2.00 bits per heavy atom. The highest BCUT2D eigenvalue weighted by molar-refractivity contribution is 5.81. The molecule has 0 spiro atoms. The van der Waals surface area contributed by atoms with Gasteiger partial charge in [-0.15, -0.1) is 0 Å². The van der Waals surface area contributed by atoms with E-state index in [0.29, 0.717) is 13.0 Å². The lowest BCUT2D eigenvalue weighted by Gasteiger charge is -2.05. The van der Waals surface area contributed by atoms with Crippen LogP contribution in [0.15, 0.2) is 29.4 Å². The monoisotopic (exact) mass is 237 g/mol. The lowest BCUT2D eigenvalue weighted by Crippen LogP contribution is -2.06. The molecule has 0 aliphatic rings. The number of ether oxygens (including phenoxy) is 1. The van der Waals surface area contributed by atoms with E-state index in [-0.39, 0.29) is 6.10 Å². The molecule has 0 bridgehead atoms. The number of hydrogen-bond donors (Lipinski definition) is 1. The minimum Gasteiger partial charge on any atom is -0.497 e. The molecule has 94 valence electrons. The molecule has 4 heteroatoms. The second-order valence-electron chi connectivity index (χ2n) is 4.00. The maximum Gasteiger partial charge on any atom is 0.142 e. The molecule has 0 saturated heterocycles. The van der Waals surface area contributed by atoms with Crippen molar-refractivity contribution in [3.05, 3.63) is 29.8 Å². The van der Waals surface area contributed by atoms with Gasteiger partial charge in [-0.1, -0.05) is 17.3 Å². The largest absolute Gasteiger partial charge is 0.497 e. The second-order valence-corrected chi connectivity index (χ2v) is 4.00. The lowest BCUT2D eigenvalue weighted by atomic mass is 10.2. The molecule has 0 amide bonds. The van der Waals surface area contributed by atoms with E-state index < -0.39 is 0 Å². The van der Waals surface area contributed by atoms with Gasteiger partial charge in [0, 0.05) is 6.42 Å². The summed E-state index contributed by atoms with van der Waals surface area (Å²) in [6, 6.07) is 7.62. The topological polar surface area (TPSA) is 51.0 Å². The summed E-state index contributed by atoms with van der Waals surface area (Å²) < 4.78 is 5.06. The fourth-order valence-corrected chi connectivity index (χ4v) is 1.40. The van der Waals surface area contributed by atoms with Crippen molar-refractivity contribution in [2.45, 2.75) is 33.0 Å². The van der Waals surface area contributed by atoms with Gasteiger partial charge in [0.15, 0.2) is 0 Å². The van der Waals surface area contributed by atoms with Gasteiger partial charge in [0.05, 0.1) is 18.9 Å². The highest BCUT2D eigenvalue weighted by Crippen LogP contribution is 2.12. The molecule has 4 nitrogen and oxygen atoms in total. The summed E-state index contributed by atoms with van der Waals surface area (Å²) in [5.41, 5.74) is 1.81. The van der Waals surface area contributed by atoms with Gasteiger partial charge in [0.25, 0.3) is 0 Å². The molecule has 0 aliphatic heterocycles. The number of benzene rings is 1. The minimum atomic E-state index is -0.386. The van der Waals surface area contributed by atoms with Crippen LogP contribution >= 0.6 is 0 Å². The van der Waals surface area contributed by atoms with Crippen molar-refractivity contribution in [3.63, 3.8) is 0 Å². The summed E-state index contributed by atoms with van der Waals surface area (Å²) in [7, 11) is 1.63. The summed E-state index contributed by atoms with van der Waals surface area (Å²) in [5, 5.41) is 13.1. The Morgan fingerprint density at radius 3 is 2.53 bits per heavy atom. The number of rotatable bonds is 6. The highest BCUT2D eigenvalue weighted by atomic mass is 16.6. The first-order valence-corrected chi connectivity index (χ1v) is 5.58. The predicted octanol–water partition coefficient (Wildman–Crippen LogP) is 2.36. The molecular formula is C13H19NO3. The van der Waals surface area contributed by atoms with E-state index in [1.807, 2.05) is 31.2 Å². The Labute approximate surface area is 102 Å². The van der Waals surface area contributed by atoms with Gasteiger partial charge >= 0.3 is 0 Å². The van der Waals surface area contributed by atoms with Crippen LogP contribution in [0.3, 0.4) is 0 Å². The van der Waals surface area contributed by atoms with Gasteiger partial charge in [-0.25, -0.2) is 0 Å². The number of aliphatic hydroxyl groups is 1. The molecule has 1 aromatic rings. The van der Waals surface area contributed by atoms with Crippen molar-refractivity contribution in [2.75, 3.05) is 7.11 Å². The summed E-state index contributed by atoms with van der Waals surface area (Å²) in [6.45, 7) is 3.98. The molecule has 1 atom stereocenters. The van der Waals surface area contributed by atoms with Gasteiger partial charge in [-0.05, 0) is 31.5 Å². The second kappa shape index (κ2) is 6.91. The van der Waals surface area contributed by atoms with Gasteiger partial charge in [0.1, 0.15) is 12.4 Å². The summed E-state index contributed by atoms with van der Waals surface area (Å²) in [5.74, 6) is 0.822.